The van der Waals surface area contributed by atoms with E-state index >= 15 is 0 Å². The Morgan fingerprint density at radius 3 is 2.59 bits per heavy atom. The Kier molecular flexibility index (Phi) is 3.75. The van der Waals surface area contributed by atoms with Gasteiger partial charge < -0.3 is 10.1 Å². The highest BCUT2D eigenvalue weighted by Gasteiger charge is 2.22. The first-order valence-corrected chi connectivity index (χ1v) is 6.77. The van der Waals surface area contributed by atoms with Crippen LogP contribution in [0.3, 0.4) is 0 Å². The van der Waals surface area contributed by atoms with Crippen molar-refractivity contribution < 1.29 is 22.7 Å². The van der Waals surface area contributed by atoms with E-state index in [9.17, 15) is 18.0 Å². The third kappa shape index (κ3) is 2.64. The van der Waals surface area contributed by atoms with Crippen molar-refractivity contribution in [2.24, 2.45) is 0 Å². The fourth-order valence-electron chi connectivity index (χ4n) is 2.38. The minimum Gasteiger partial charge on any atom is -0.492 e. The number of carbonyl (C=O) groups excluding carboxylic acids is 1. The second kappa shape index (κ2) is 5.71. The minimum absolute atomic E-state index is 0.109. The highest BCUT2D eigenvalue weighted by molar-refractivity contribution is 6.06. The van der Waals surface area contributed by atoms with E-state index in [1.165, 1.54) is 18.2 Å². The first-order chi connectivity index (χ1) is 10.6. The predicted molar refractivity (Wildman–Crippen MR) is 74.5 cm³/mol. The van der Waals surface area contributed by atoms with Crippen LogP contribution in [0.4, 0.5) is 18.9 Å². The van der Waals surface area contributed by atoms with Crippen LogP contribution >= 0.6 is 0 Å². The van der Waals surface area contributed by atoms with Gasteiger partial charge in [0.25, 0.3) is 5.91 Å². The third-order valence-electron chi connectivity index (χ3n) is 3.44. The third-order valence-corrected chi connectivity index (χ3v) is 3.44. The highest BCUT2D eigenvalue weighted by atomic mass is 19.2. The summed E-state index contributed by atoms with van der Waals surface area (Å²) < 4.78 is 45.2. The molecule has 114 valence electrons. The van der Waals surface area contributed by atoms with E-state index in [0.29, 0.717) is 25.0 Å². The lowest BCUT2D eigenvalue weighted by Crippen LogP contribution is -2.18. The maximum absolute atomic E-state index is 13.7. The summed E-state index contributed by atoms with van der Waals surface area (Å²) in [6, 6.07) is 5.56. The lowest BCUT2D eigenvalue weighted by atomic mass is 10.0. The van der Waals surface area contributed by atoms with Gasteiger partial charge in [-0.05, 0) is 37.1 Å². The molecule has 1 aliphatic heterocycles. The van der Waals surface area contributed by atoms with Crippen molar-refractivity contribution in [3.63, 3.8) is 0 Å². The van der Waals surface area contributed by atoms with Crippen molar-refractivity contribution in [2.45, 2.75) is 12.8 Å². The molecule has 0 unspecified atom stereocenters. The normalized spacial score (nSPS) is 13.2. The van der Waals surface area contributed by atoms with Crippen LogP contribution in [0.25, 0.3) is 0 Å². The van der Waals surface area contributed by atoms with Crippen LogP contribution in [0, 0.1) is 17.5 Å². The van der Waals surface area contributed by atoms with Crippen molar-refractivity contribution in [3.05, 3.63) is 58.9 Å². The van der Waals surface area contributed by atoms with E-state index in [4.69, 9.17) is 4.74 Å². The van der Waals surface area contributed by atoms with Crippen molar-refractivity contribution in [2.75, 3.05) is 11.9 Å². The van der Waals surface area contributed by atoms with E-state index in [0.717, 1.165) is 12.1 Å². The van der Waals surface area contributed by atoms with Crippen LogP contribution in [0.5, 0.6) is 5.75 Å². The monoisotopic (exact) mass is 307 g/mol. The Morgan fingerprint density at radius 1 is 1.05 bits per heavy atom. The number of carbonyl (C=O) groups is 1. The van der Waals surface area contributed by atoms with Gasteiger partial charge in [0.15, 0.2) is 11.6 Å². The van der Waals surface area contributed by atoms with E-state index in [1.54, 1.807) is 0 Å². The summed E-state index contributed by atoms with van der Waals surface area (Å²) in [6.07, 6.45) is 1.17. The van der Waals surface area contributed by atoms with Gasteiger partial charge >= 0.3 is 0 Å². The van der Waals surface area contributed by atoms with Gasteiger partial charge in [0.1, 0.15) is 11.6 Å². The van der Waals surface area contributed by atoms with Crippen molar-refractivity contribution in [3.8, 4) is 5.75 Å². The van der Waals surface area contributed by atoms with E-state index in [1.807, 2.05) is 0 Å². The molecule has 1 amide bonds. The van der Waals surface area contributed by atoms with Crippen LogP contribution in [-0.4, -0.2) is 12.5 Å². The van der Waals surface area contributed by atoms with E-state index in [2.05, 4.69) is 5.32 Å². The summed E-state index contributed by atoms with van der Waals surface area (Å²) in [6.45, 7) is 0.405. The highest BCUT2D eigenvalue weighted by Crippen LogP contribution is 2.31. The van der Waals surface area contributed by atoms with Crippen LogP contribution in [0.2, 0.25) is 0 Å². The van der Waals surface area contributed by atoms with Gasteiger partial charge in [-0.3, -0.25) is 4.79 Å². The number of benzene rings is 2. The summed E-state index contributed by atoms with van der Waals surface area (Å²) in [5.41, 5.74) is 0.641. The topological polar surface area (TPSA) is 38.3 Å². The Bertz CT molecular complexity index is 746. The zero-order valence-electron chi connectivity index (χ0n) is 11.5. The van der Waals surface area contributed by atoms with Crippen molar-refractivity contribution in [1.82, 2.24) is 0 Å². The van der Waals surface area contributed by atoms with Gasteiger partial charge in [0, 0.05) is 17.3 Å². The number of nitrogens with one attached hydrogen (secondary N) is 1. The Hall–Kier alpha value is -2.50. The number of anilines is 1. The summed E-state index contributed by atoms with van der Waals surface area (Å²) in [5, 5.41) is 2.45. The maximum Gasteiger partial charge on any atom is 0.259 e. The molecule has 3 nitrogen and oxygen atoms in total. The number of hydrogen-bond donors (Lipinski definition) is 1. The summed E-state index contributed by atoms with van der Waals surface area (Å²) in [7, 11) is 0. The summed E-state index contributed by atoms with van der Waals surface area (Å²) in [5.74, 6) is -2.83. The fraction of sp³-hybridized carbons (Fsp3) is 0.188. The molecule has 0 spiro atoms. The Morgan fingerprint density at radius 2 is 1.82 bits per heavy atom. The molecule has 0 saturated carbocycles. The standard InChI is InChI=1S/C16H12F3NO2/c17-12-6-4-11(15-10(12)2-1-7-22-15)16(21)20-9-3-5-13(18)14(19)8-9/h3-6,8H,1-2,7H2,(H,20,21). The molecular weight excluding hydrogens is 295 g/mol. The largest absolute Gasteiger partial charge is 0.492 e. The average molecular weight is 307 g/mol. The molecule has 0 fully saturated rings. The molecule has 0 aliphatic carbocycles. The molecule has 6 heteroatoms. The summed E-state index contributed by atoms with van der Waals surface area (Å²) in [4.78, 5) is 12.3. The van der Waals surface area contributed by atoms with Crippen LogP contribution in [-0.2, 0) is 6.42 Å². The van der Waals surface area contributed by atoms with Gasteiger partial charge in [-0.15, -0.1) is 0 Å². The average Bonchev–Trinajstić information content (AvgIpc) is 2.51. The molecule has 1 N–H and O–H groups in total. The number of halogens is 3. The molecule has 2 aromatic rings. The van der Waals surface area contributed by atoms with Gasteiger partial charge in [0.2, 0.25) is 0 Å². The van der Waals surface area contributed by atoms with Crippen molar-refractivity contribution in [1.29, 1.82) is 0 Å². The first-order valence-electron chi connectivity index (χ1n) is 6.77. The number of amides is 1. The predicted octanol–water partition coefficient (Wildman–Crippen LogP) is 3.68. The summed E-state index contributed by atoms with van der Waals surface area (Å²) >= 11 is 0. The SMILES string of the molecule is O=C(Nc1ccc(F)c(F)c1)c1ccc(F)c2c1OCCC2. The molecular formula is C16H12F3NO2. The lowest BCUT2D eigenvalue weighted by molar-refractivity contribution is 0.102. The molecule has 0 radical (unpaired) electrons. The van der Waals surface area contributed by atoms with E-state index < -0.39 is 23.4 Å². The van der Waals surface area contributed by atoms with Crippen LogP contribution in [0.1, 0.15) is 22.3 Å². The van der Waals surface area contributed by atoms with Crippen molar-refractivity contribution >= 4 is 11.6 Å². The zero-order chi connectivity index (χ0) is 15.7. The number of fused-ring (bicyclic) bond motifs is 1. The molecule has 0 aromatic heterocycles. The second-order valence-corrected chi connectivity index (χ2v) is 4.94. The number of ether oxygens (including phenoxy) is 1. The molecule has 1 aliphatic rings. The molecule has 0 saturated heterocycles. The van der Waals surface area contributed by atoms with Crippen LogP contribution < -0.4 is 10.1 Å². The Balaban J connectivity index is 1.91. The zero-order valence-corrected chi connectivity index (χ0v) is 11.5. The van der Waals surface area contributed by atoms with Gasteiger partial charge in [0.05, 0.1) is 12.2 Å². The van der Waals surface area contributed by atoms with E-state index in [-0.39, 0.29) is 17.0 Å². The fourth-order valence-corrected chi connectivity index (χ4v) is 2.38. The Labute approximate surface area is 124 Å². The lowest BCUT2D eigenvalue weighted by Gasteiger charge is -2.20. The second-order valence-electron chi connectivity index (χ2n) is 4.94. The minimum atomic E-state index is -1.06. The maximum atomic E-state index is 13.7. The molecule has 3 rings (SSSR count). The molecule has 0 bridgehead atoms. The molecule has 2 aromatic carbocycles. The quantitative estimate of drug-likeness (QED) is 0.919. The van der Waals surface area contributed by atoms with Gasteiger partial charge in [-0.2, -0.15) is 0 Å². The molecule has 1 heterocycles. The number of rotatable bonds is 2. The van der Waals surface area contributed by atoms with Gasteiger partial charge in [-0.1, -0.05) is 0 Å². The molecule has 0 atom stereocenters. The van der Waals surface area contributed by atoms with Crippen LogP contribution in [0.15, 0.2) is 30.3 Å². The van der Waals surface area contributed by atoms with Gasteiger partial charge in [-0.25, -0.2) is 13.2 Å². The first kappa shape index (κ1) is 14.4. The molecule has 22 heavy (non-hydrogen) atoms. The number of hydrogen-bond acceptors (Lipinski definition) is 2. The smallest absolute Gasteiger partial charge is 0.259 e.